The Hall–Kier alpha value is -2.04. The third-order valence-corrected chi connectivity index (χ3v) is 5.22. The van der Waals surface area contributed by atoms with E-state index in [1.165, 1.54) is 11.3 Å². The molecule has 3 rings (SSSR count). The molecule has 1 saturated carbocycles. The average molecular weight is 316 g/mol. The maximum absolute atomic E-state index is 12.9. The Morgan fingerprint density at radius 2 is 1.83 bits per heavy atom. The Kier molecular flexibility index (Phi) is 4.28. The minimum Gasteiger partial charge on any atom is -0.497 e. The zero-order chi connectivity index (χ0) is 16.4. The Morgan fingerprint density at radius 3 is 2.43 bits per heavy atom. The van der Waals surface area contributed by atoms with Crippen LogP contribution in [0.1, 0.15) is 44.6 Å². The van der Waals surface area contributed by atoms with Crippen LogP contribution in [0.5, 0.6) is 5.75 Å². The molecule has 0 aromatic heterocycles. The summed E-state index contributed by atoms with van der Waals surface area (Å²) in [4.78, 5) is 26.6. The topological polar surface area (TPSA) is 58.6 Å². The number of urea groups is 1. The van der Waals surface area contributed by atoms with Gasteiger partial charge >= 0.3 is 6.03 Å². The lowest BCUT2D eigenvalue weighted by Gasteiger charge is -2.34. The Morgan fingerprint density at radius 1 is 1.17 bits per heavy atom. The number of nitrogens with one attached hydrogen (secondary N) is 1. The molecule has 1 aliphatic carbocycles. The van der Waals surface area contributed by atoms with Gasteiger partial charge in [0.15, 0.2) is 0 Å². The first-order valence-corrected chi connectivity index (χ1v) is 8.31. The van der Waals surface area contributed by atoms with Crippen molar-refractivity contribution in [1.29, 1.82) is 0 Å². The summed E-state index contributed by atoms with van der Waals surface area (Å²) in [6.45, 7) is 2.19. The van der Waals surface area contributed by atoms with Crippen molar-refractivity contribution < 1.29 is 14.3 Å². The van der Waals surface area contributed by atoms with Crippen LogP contribution in [-0.2, 0) is 11.3 Å². The van der Waals surface area contributed by atoms with E-state index in [0.29, 0.717) is 6.54 Å². The summed E-state index contributed by atoms with van der Waals surface area (Å²) >= 11 is 0. The highest BCUT2D eigenvalue weighted by molar-refractivity contribution is 6.06. The van der Waals surface area contributed by atoms with Gasteiger partial charge in [-0.05, 0) is 43.4 Å². The van der Waals surface area contributed by atoms with Crippen LogP contribution in [0, 0.1) is 5.92 Å². The number of imide groups is 1. The highest BCUT2D eigenvalue weighted by Crippen LogP contribution is 2.36. The number of hydrogen-bond acceptors (Lipinski definition) is 3. The lowest BCUT2D eigenvalue weighted by molar-refractivity contribution is -0.133. The molecule has 1 saturated heterocycles. The molecule has 5 nitrogen and oxygen atoms in total. The van der Waals surface area contributed by atoms with Crippen molar-refractivity contribution in [2.45, 2.75) is 51.1 Å². The molecule has 2 aliphatic rings. The lowest BCUT2D eigenvalue weighted by Crippen LogP contribution is -2.51. The van der Waals surface area contributed by atoms with Crippen LogP contribution in [0.4, 0.5) is 4.79 Å². The van der Waals surface area contributed by atoms with Crippen LogP contribution in [-0.4, -0.2) is 29.5 Å². The van der Waals surface area contributed by atoms with Gasteiger partial charge in [-0.15, -0.1) is 0 Å². The third-order valence-electron chi connectivity index (χ3n) is 5.22. The number of methoxy groups -OCH3 is 1. The van der Waals surface area contributed by atoms with E-state index < -0.39 is 5.54 Å². The van der Waals surface area contributed by atoms with Crippen molar-refractivity contribution >= 4 is 11.9 Å². The van der Waals surface area contributed by atoms with E-state index >= 15 is 0 Å². The van der Waals surface area contributed by atoms with Gasteiger partial charge in [-0.3, -0.25) is 9.69 Å². The number of hydrogen-bond donors (Lipinski definition) is 1. The van der Waals surface area contributed by atoms with Crippen LogP contribution in [0.15, 0.2) is 24.3 Å². The molecular weight excluding hydrogens is 292 g/mol. The monoisotopic (exact) mass is 316 g/mol. The number of benzene rings is 1. The van der Waals surface area contributed by atoms with Crippen molar-refractivity contribution in [2.24, 2.45) is 5.92 Å². The summed E-state index contributed by atoms with van der Waals surface area (Å²) in [6, 6.07) is 7.17. The Bertz CT molecular complexity index is 593. The van der Waals surface area contributed by atoms with E-state index in [1.54, 1.807) is 7.11 Å². The van der Waals surface area contributed by atoms with Crippen LogP contribution in [0.25, 0.3) is 0 Å². The quantitative estimate of drug-likeness (QED) is 0.868. The first-order valence-electron chi connectivity index (χ1n) is 8.31. The van der Waals surface area contributed by atoms with Crippen molar-refractivity contribution in [2.75, 3.05) is 7.11 Å². The summed E-state index contributed by atoms with van der Waals surface area (Å²) in [6.07, 6.45) is 5.53. The van der Waals surface area contributed by atoms with E-state index in [0.717, 1.165) is 37.0 Å². The molecule has 124 valence electrons. The minimum absolute atomic E-state index is 0.0924. The van der Waals surface area contributed by atoms with E-state index in [1.807, 2.05) is 31.2 Å². The molecule has 1 aromatic carbocycles. The van der Waals surface area contributed by atoms with Crippen molar-refractivity contribution in [3.05, 3.63) is 29.8 Å². The summed E-state index contributed by atoms with van der Waals surface area (Å²) in [7, 11) is 1.61. The molecule has 0 radical (unpaired) electrons. The molecule has 1 heterocycles. The SMILES string of the molecule is COc1ccc(CN2C(=O)NC(C)(C3CCCCC3)C2=O)cc1. The fourth-order valence-corrected chi connectivity index (χ4v) is 3.73. The highest BCUT2D eigenvalue weighted by atomic mass is 16.5. The number of carbonyl (C=O) groups is 2. The maximum Gasteiger partial charge on any atom is 0.325 e. The molecule has 1 atom stereocenters. The maximum atomic E-state index is 12.9. The van der Waals surface area contributed by atoms with Gasteiger partial charge in [0.25, 0.3) is 5.91 Å². The summed E-state index contributed by atoms with van der Waals surface area (Å²) < 4.78 is 5.13. The fraction of sp³-hybridized carbons (Fsp3) is 0.556. The second kappa shape index (κ2) is 6.22. The number of rotatable bonds is 4. The van der Waals surface area contributed by atoms with Gasteiger partial charge in [-0.25, -0.2) is 4.79 Å². The van der Waals surface area contributed by atoms with E-state index in [4.69, 9.17) is 4.74 Å². The van der Waals surface area contributed by atoms with E-state index in [2.05, 4.69) is 5.32 Å². The third kappa shape index (κ3) is 2.92. The van der Waals surface area contributed by atoms with Crippen molar-refractivity contribution in [1.82, 2.24) is 10.2 Å². The standard InChI is InChI=1S/C18H24N2O3/c1-18(14-6-4-3-5-7-14)16(21)20(17(22)19-18)12-13-8-10-15(23-2)11-9-13/h8-11,14H,3-7,12H2,1-2H3,(H,19,22). The molecule has 0 bridgehead atoms. The molecule has 1 aliphatic heterocycles. The van der Waals surface area contributed by atoms with Crippen LogP contribution in [0.2, 0.25) is 0 Å². The lowest BCUT2D eigenvalue weighted by atomic mass is 9.75. The summed E-state index contributed by atoms with van der Waals surface area (Å²) in [5, 5.41) is 2.96. The number of carbonyl (C=O) groups excluding carboxylic acids is 2. The number of amides is 3. The number of nitrogens with zero attached hydrogens (tertiary/aromatic N) is 1. The first-order chi connectivity index (χ1) is 11.0. The molecule has 1 unspecified atom stereocenters. The van der Waals surface area contributed by atoms with Crippen LogP contribution in [0.3, 0.4) is 0 Å². The zero-order valence-corrected chi connectivity index (χ0v) is 13.8. The highest BCUT2D eigenvalue weighted by Gasteiger charge is 2.52. The molecule has 5 heteroatoms. The van der Waals surface area contributed by atoms with E-state index in [9.17, 15) is 9.59 Å². The fourth-order valence-electron chi connectivity index (χ4n) is 3.73. The van der Waals surface area contributed by atoms with Gasteiger partial charge in [-0.2, -0.15) is 0 Å². The molecule has 1 N–H and O–H groups in total. The van der Waals surface area contributed by atoms with E-state index in [-0.39, 0.29) is 17.9 Å². The smallest absolute Gasteiger partial charge is 0.325 e. The van der Waals surface area contributed by atoms with Crippen molar-refractivity contribution in [3.63, 3.8) is 0 Å². The van der Waals surface area contributed by atoms with Gasteiger partial charge in [0, 0.05) is 0 Å². The number of ether oxygens (including phenoxy) is 1. The molecule has 2 fully saturated rings. The van der Waals surface area contributed by atoms with Gasteiger partial charge in [0.1, 0.15) is 11.3 Å². The minimum atomic E-state index is -0.746. The molecule has 23 heavy (non-hydrogen) atoms. The average Bonchev–Trinajstić information content (AvgIpc) is 2.81. The molecule has 3 amide bonds. The van der Waals surface area contributed by atoms with Crippen LogP contribution < -0.4 is 10.1 Å². The summed E-state index contributed by atoms with van der Waals surface area (Å²) in [5.41, 5.74) is 0.173. The van der Waals surface area contributed by atoms with Gasteiger partial charge in [-0.1, -0.05) is 31.4 Å². The normalized spacial score (nSPS) is 25.6. The largest absolute Gasteiger partial charge is 0.497 e. The molecule has 0 spiro atoms. The van der Waals surface area contributed by atoms with Gasteiger partial charge in [0.05, 0.1) is 13.7 Å². The second-order valence-corrected chi connectivity index (χ2v) is 6.71. The predicted octanol–water partition coefficient (Wildman–Crippen LogP) is 3.09. The second-order valence-electron chi connectivity index (χ2n) is 6.71. The Labute approximate surface area is 137 Å². The molecular formula is C18H24N2O3. The molecule has 1 aromatic rings. The van der Waals surface area contributed by atoms with Crippen LogP contribution >= 0.6 is 0 Å². The summed E-state index contributed by atoms with van der Waals surface area (Å²) in [5.74, 6) is 0.914. The zero-order valence-electron chi connectivity index (χ0n) is 13.8. The van der Waals surface area contributed by atoms with Gasteiger partial charge < -0.3 is 10.1 Å². The first kappa shape index (κ1) is 15.8. The van der Waals surface area contributed by atoms with Crippen molar-refractivity contribution in [3.8, 4) is 5.75 Å². The predicted molar refractivity (Wildman–Crippen MR) is 87.1 cm³/mol. The van der Waals surface area contributed by atoms with Gasteiger partial charge in [0.2, 0.25) is 0 Å². The Balaban J connectivity index is 1.75.